The Morgan fingerprint density at radius 1 is 0.968 bits per heavy atom. The van der Waals surface area contributed by atoms with Crippen molar-refractivity contribution in [2.45, 2.75) is 19.4 Å². The van der Waals surface area contributed by atoms with Crippen molar-refractivity contribution < 1.29 is 9.53 Å². The molecule has 0 bridgehead atoms. The molecule has 0 saturated carbocycles. The first kappa shape index (κ1) is 19.5. The maximum atomic E-state index is 11.7. The Morgan fingerprint density at radius 3 is 2.68 bits per heavy atom. The molecule has 8 nitrogen and oxygen atoms in total. The standard InChI is InChI=1S/C23H26N6O2/c1-17(30)27-11-4-12-28(14-13-27)22-23(25-10-9-24-22)31-19-15-29(16-19)21-8-7-18-5-2-3-6-20(18)26-21/h2-3,5-10,19H,4,11-16H2,1H3. The number of carbonyl (C=O) groups excluding carboxylic acids is 1. The molecule has 31 heavy (non-hydrogen) atoms. The Morgan fingerprint density at radius 2 is 1.81 bits per heavy atom. The van der Waals surface area contributed by atoms with Gasteiger partial charge < -0.3 is 19.4 Å². The third-order valence-corrected chi connectivity index (χ3v) is 5.92. The monoisotopic (exact) mass is 418 g/mol. The van der Waals surface area contributed by atoms with E-state index in [1.54, 1.807) is 19.3 Å². The van der Waals surface area contributed by atoms with E-state index in [9.17, 15) is 4.79 Å². The average molecular weight is 419 g/mol. The number of ether oxygens (including phenoxy) is 1. The molecule has 4 heterocycles. The highest BCUT2D eigenvalue weighted by atomic mass is 16.5. The van der Waals surface area contributed by atoms with Crippen LogP contribution in [-0.2, 0) is 4.79 Å². The van der Waals surface area contributed by atoms with Crippen molar-refractivity contribution in [1.82, 2.24) is 19.9 Å². The summed E-state index contributed by atoms with van der Waals surface area (Å²) in [6.45, 7) is 6.18. The Kier molecular flexibility index (Phi) is 5.28. The van der Waals surface area contributed by atoms with Crippen LogP contribution in [-0.4, -0.2) is 71.1 Å². The summed E-state index contributed by atoms with van der Waals surface area (Å²) in [6.07, 6.45) is 4.31. The van der Waals surface area contributed by atoms with Gasteiger partial charge in [-0.3, -0.25) is 4.79 Å². The fourth-order valence-corrected chi connectivity index (χ4v) is 4.15. The Bertz CT molecular complexity index is 1080. The summed E-state index contributed by atoms with van der Waals surface area (Å²) < 4.78 is 6.22. The Labute approximate surface area is 181 Å². The first-order chi connectivity index (χ1) is 15.2. The molecule has 2 aliphatic heterocycles. The van der Waals surface area contributed by atoms with E-state index in [1.807, 2.05) is 23.1 Å². The first-order valence-corrected chi connectivity index (χ1v) is 10.8. The van der Waals surface area contributed by atoms with Crippen LogP contribution in [0.3, 0.4) is 0 Å². The average Bonchev–Trinajstić information content (AvgIpc) is 3.02. The molecule has 0 radical (unpaired) electrons. The Balaban J connectivity index is 1.24. The smallest absolute Gasteiger partial charge is 0.258 e. The lowest BCUT2D eigenvalue weighted by atomic mass is 10.1. The molecule has 0 atom stereocenters. The van der Waals surface area contributed by atoms with Crippen LogP contribution in [0.15, 0.2) is 48.8 Å². The second-order valence-electron chi connectivity index (χ2n) is 8.04. The van der Waals surface area contributed by atoms with Gasteiger partial charge in [0, 0.05) is 50.9 Å². The lowest BCUT2D eigenvalue weighted by Gasteiger charge is -2.40. The number of aromatic nitrogens is 3. The summed E-state index contributed by atoms with van der Waals surface area (Å²) in [5, 5.41) is 1.14. The SMILES string of the molecule is CC(=O)N1CCCN(c2nccnc2OC2CN(c3ccc4ccccc4n3)C2)CC1. The topological polar surface area (TPSA) is 74.7 Å². The second kappa shape index (κ2) is 8.37. The summed E-state index contributed by atoms with van der Waals surface area (Å²) >= 11 is 0. The molecule has 0 N–H and O–H groups in total. The van der Waals surface area contributed by atoms with Gasteiger partial charge in [-0.1, -0.05) is 18.2 Å². The summed E-state index contributed by atoms with van der Waals surface area (Å²) in [7, 11) is 0. The molecule has 0 unspecified atom stereocenters. The highest BCUT2D eigenvalue weighted by Crippen LogP contribution is 2.28. The third-order valence-electron chi connectivity index (χ3n) is 5.92. The minimum atomic E-state index is 0.0458. The number of fused-ring (bicyclic) bond motifs is 1. The third kappa shape index (κ3) is 4.10. The molecule has 1 amide bonds. The number of pyridine rings is 1. The lowest BCUT2D eigenvalue weighted by Crippen LogP contribution is -2.54. The second-order valence-corrected chi connectivity index (χ2v) is 8.04. The predicted molar refractivity (Wildman–Crippen MR) is 119 cm³/mol. The quantitative estimate of drug-likeness (QED) is 0.644. The number of rotatable bonds is 4. The van der Waals surface area contributed by atoms with Crippen molar-refractivity contribution in [3.8, 4) is 5.88 Å². The molecule has 160 valence electrons. The Hall–Kier alpha value is -3.42. The molecular weight excluding hydrogens is 392 g/mol. The molecule has 2 aromatic heterocycles. The van der Waals surface area contributed by atoms with E-state index in [1.165, 1.54) is 0 Å². The van der Waals surface area contributed by atoms with E-state index in [4.69, 9.17) is 9.72 Å². The number of hydrogen-bond donors (Lipinski definition) is 0. The molecule has 2 saturated heterocycles. The van der Waals surface area contributed by atoms with E-state index in [0.29, 0.717) is 12.4 Å². The molecular formula is C23H26N6O2. The van der Waals surface area contributed by atoms with E-state index >= 15 is 0 Å². The van der Waals surface area contributed by atoms with E-state index in [0.717, 1.165) is 61.7 Å². The van der Waals surface area contributed by atoms with Crippen LogP contribution in [0.4, 0.5) is 11.6 Å². The van der Waals surface area contributed by atoms with E-state index in [-0.39, 0.29) is 12.0 Å². The summed E-state index contributed by atoms with van der Waals surface area (Å²) in [6, 6.07) is 12.3. The summed E-state index contributed by atoms with van der Waals surface area (Å²) in [4.78, 5) is 31.8. The number of amides is 1. The van der Waals surface area contributed by atoms with Crippen molar-refractivity contribution in [1.29, 1.82) is 0 Å². The van der Waals surface area contributed by atoms with E-state index < -0.39 is 0 Å². The van der Waals surface area contributed by atoms with Gasteiger partial charge in [0.2, 0.25) is 5.91 Å². The minimum absolute atomic E-state index is 0.0458. The molecule has 2 fully saturated rings. The van der Waals surface area contributed by atoms with Crippen LogP contribution in [0.25, 0.3) is 10.9 Å². The highest BCUT2D eigenvalue weighted by molar-refractivity contribution is 5.80. The largest absolute Gasteiger partial charge is 0.468 e. The zero-order valence-electron chi connectivity index (χ0n) is 17.6. The predicted octanol–water partition coefficient (Wildman–Crippen LogP) is 2.35. The van der Waals surface area contributed by atoms with Gasteiger partial charge in [0.1, 0.15) is 11.9 Å². The van der Waals surface area contributed by atoms with Gasteiger partial charge in [-0.25, -0.2) is 15.0 Å². The molecule has 0 aliphatic carbocycles. The lowest BCUT2D eigenvalue weighted by molar-refractivity contribution is -0.128. The van der Waals surface area contributed by atoms with Crippen molar-refractivity contribution in [3.63, 3.8) is 0 Å². The van der Waals surface area contributed by atoms with Crippen molar-refractivity contribution in [2.24, 2.45) is 0 Å². The first-order valence-electron chi connectivity index (χ1n) is 10.8. The minimum Gasteiger partial charge on any atom is -0.468 e. The van der Waals surface area contributed by atoms with Gasteiger partial charge >= 0.3 is 0 Å². The normalized spacial score (nSPS) is 17.4. The molecule has 8 heteroatoms. The summed E-state index contributed by atoms with van der Waals surface area (Å²) in [5.41, 5.74) is 1.00. The zero-order chi connectivity index (χ0) is 21.2. The van der Waals surface area contributed by atoms with Crippen LogP contribution in [0.5, 0.6) is 5.88 Å². The van der Waals surface area contributed by atoms with Gasteiger partial charge in [-0.15, -0.1) is 0 Å². The highest BCUT2D eigenvalue weighted by Gasteiger charge is 2.31. The van der Waals surface area contributed by atoms with Crippen LogP contribution in [0, 0.1) is 0 Å². The van der Waals surface area contributed by atoms with Gasteiger partial charge in [-0.2, -0.15) is 0 Å². The van der Waals surface area contributed by atoms with Gasteiger partial charge in [0.05, 0.1) is 18.6 Å². The number of nitrogens with zero attached hydrogens (tertiary/aromatic N) is 6. The van der Waals surface area contributed by atoms with Crippen LogP contribution in [0.1, 0.15) is 13.3 Å². The molecule has 2 aliphatic rings. The fraction of sp³-hybridized carbons (Fsp3) is 0.391. The molecule has 0 spiro atoms. The number of anilines is 2. The maximum absolute atomic E-state index is 11.7. The maximum Gasteiger partial charge on any atom is 0.258 e. The van der Waals surface area contributed by atoms with Crippen LogP contribution < -0.4 is 14.5 Å². The van der Waals surface area contributed by atoms with Gasteiger partial charge in [-0.05, 0) is 24.6 Å². The number of hydrogen-bond acceptors (Lipinski definition) is 7. The van der Waals surface area contributed by atoms with E-state index in [2.05, 4.69) is 38.0 Å². The van der Waals surface area contributed by atoms with Gasteiger partial charge in [0.15, 0.2) is 5.82 Å². The molecule has 1 aromatic carbocycles. The molecule has 3 aromatic rings. The van der Waals surface area contributed by atoms with Crippen LogP contribution in [0.2, 0.25) is 0 Å². The van der Waals surface area contributed by atoms with Crippen LogP contribution >= 0.6 is 0 Å². The summed E-state index contributed by atoms with van der Waals surface area (Å²) in [5.74, 6) is 2.41. The van der Waals surface area contributed by atoms with Crippen molar-refractivity contribution >= 4 is 28.4 Å². The van der Waals surface area contributed by atoms with Crippen molar-refractivity contribution in [3.05, 3.63) is 48.8 Å². The van der Waals surface area contributed by atoms with Gasteiger partial charge in [0.25, 0.3) is 5.88 Å². The fourth-order valence-electron chi connectivity index (χ4n) is 4.15. The molecule has 5 rings (SSSR count). The number of benzene rings is 1. The van der Waals surface area contributed by atoms with Crippen molar-refractivity contribution in [2.75, 3.05) is 49.1 Å². The number of carbonyl (C=O) groups is 1. The zero-order valence-corrected chi connectivity index (χ0v) is 17.6. The number of para-hydroxylation sites is 1.